The van der Waals surface area contributed by atoms with Gasteiger partial charge in [0, 0.05) is 72.4 Å². The van der Waals surface area contributed by atoms with Crippen molar-refractivity contribution in [3.8, 4) is 186 Å². The highest BCUT2D eigenvalue weighted by Gasteiger charge is 2.37. The molecular formula is C117H82N14. The van der Waals surface area contributed by atoms with E-state index in [0.29, 0.717) is 17.5 Å². The SMILES string of the molecule is CC1(C)c2ccccc2-c2cccc(-c3cccc(-c4cc(-c5ccc(-c6ccccc6)cc5)nc(-c5cnc[nH]5)n4)c3)c21.c1ccc(-c2ccc(-c3cc(-c4cccc(-c5ccc6c7ccccc7n(-c7ccccc7)c6c5)c4)nc(-c4cnc[nH]4)n3)cc2)cc1.c1ccc(-c2ccc(-c3cc(-c4cccc(-c5cccc6cccnc56)c4)nc(-c4cnc[nH]4)n3)cc2)cc1. The average Bonchev–Trinajstić information content (AvgIpc) is 1.49. The van der Waals surface area contributed by atoms with E-state index >= 15 is 0 Å². The predicted octanol–water partition coefficient (Wildman–Crippen LogP) is 28.6. The smallest absolute Gasteiger partial charge is 0.178 e. The van der Waals surface area contributed by atoms with Crippen molar-refractivity contribution in [3.63, 3.8) is 0 Å². The molecule has 0 fully saturated rings. The minimum atomic E-state index is -0.0969. The van der Waals surface area contributed by atoms with Gasteiger partial charge in [-0.3, -0.25) is 4.98 Å². The number of pyridine rings is 1. The zero-order valence-corrected chi connectivity index (χ0v) is 71.6. The molecule has 131 heavy (non-hydrogen) atoms. The molecule has 0 spiro atoms. The van der Waals surface area contributed by atoms with Crippen LogP contribution < -0.4 is 0 Å². The van der Waals surface area contributed by atoms with Gasteiger partial charge in [-0.25, -0.2) is 44.9 Å². The first kappa shape index (κ1) is 79.3. The predicted molar refractivity (Wildman–Crippen MR) is 531 cm³/mol. The van der Waals surface area contributed by atoms with Gasteiger partial charge in [-0.1, -0.05) is 347 Å². The van der Waals surface area contributed by atoms with Crippen LogP contribution in [0.3, 0.4) is 0 Å². The molecule has 0 atom stereocenters. The molecule has 0 unspecified atom stereocenters. The molecule has 620 valence electrons. The number of imidazole rings is 3. The Bertz CT molecular complexity index is 8060. The van der Waals surface area contributed by atoms with Crippen molar-refractivity contribution >= 4 is 32.7 Å². The van der Waals surface area contributed by atoms with Crippen molar-refractivity contribution in [3.05, 3.63) is 455 Å². The summed E-state index contributed by atoms with van der Waals surface area (Å²) >= 11 is 0. The molecule has 24 rings (SSSR count). The van der Waals surface area contributed by atoms with Crippen LogP contribution in [0.4, 0.5) is 0 Å². The molecule has 0 amide bonds. The third-order valence-electron chi connectivity index (χ3n) is 24.6. The molecule has 3 N–H and O–H groups in total. The molecule has 8 aromatic heterocycles. The molecule has 0 bridgehead atoms. The van der Waals surface area contributed by atoms with Gasteiger partial charge in [-0.05, 0) is 150 Å². The number of benzene rings is 15. The van der Waals surface area contributed by atoms with Crippen LogP contribution in [0.5, 0.6) is 0 Å². The topological polar surface area (TPSA) is 181 Å². The summed E-state index contributed by atoms with van der Waals surface area (Å²) in [4.78, 5) is 56.6. The number of para-hydroxylation sites is 3. The number of H-pyrrole nitrogens is 3. The first-order chi connectivity index (χ1) is 64.7. The summed E-state index contributed by atoms with van der Waals surface area (Å²) in [6, 6.07) is 141. The molecule has 1 aliphatic carbocycles. The largest absolute Gasteiger partial charge is 0.342 e. The third-order valence-corrected chi connectivity index (χ3v) is 24.6. The highest BCUT2D eigenvalue weighted by molar-refractivity contribution is 6.10. The van der Waals surface area contributed by atoms with Gasteiger partial charge in [0.1, 0.15) is 17.1 Å². The first-order valence-corrected chi connectivity index (χ1v) is 43.8. The monoisotopic (exact) mass is 1680 g/mol. The maximum atomic E-state index is 5.02. The fourth-order valence-electron chi connectivity index (χ4n) is 18.1. The van der Waals surface area contributed by atoms with Crippen molar-refractivity contribution in [2.75, 3.05) is 0 Å². The maximum Gasteiger partial charge on any atom is 0.178 e. The second-order valence-corrected chi connectivity index (χ2v) is 33.1. The minimum Gasteiger partial charge on any atom is -0.342 e. The van der Waals surface area contributed by atoms with E-state index in [1.165, 1.54) is 88.6 Å². The Labute approximate surface area is 757 Å². The summed E-state index contributed by atoms with van der Waals surface area (Å²) in [7, 11) is 0. The Hall–Kier alpha value is -17.6. The van der Waals surface area contributed by atoms with E-state index in [1.54, 1.807) is 37.6 Å². The third kappa shape index (κ3) is 15.9. The fraction of sp³-hybridized carbons (Fsp3) is 0.0256. The number of nitrogens with one attached hydrogen (secondary N) is 3. The number of aromatic nitrogens is 14. The Morgan fingerprint density at radius 3 is 1.08 bits per heavy atom. The molecular weight excluding hydrogens is 1600 g/mol. The number of aromatic amines is 3. The van der Waals surface area contributed by atoms with E-state index in [1.807, 2.05) is 30.5 Å². The second kappa shape index (κ2) is 34.7. The van der Waals surface area contributed by atoms with Gasteiger partial charge in [0.05, 0.1) is 88.3 Å². The minimum absolute atomic E-state index is 0.0969. The van der Waals surface area contributed by atoms with Crippen molar-refractivity contribution in [2.45, 2.75) is 19.3 Å². The second-order valence-electron chi connectivity index (χ2n) is 33.1. The van der Waals surface area contributed by atoms with E-state index in [-0.39, 0.29) is 5.41 Å². The zero-order chi connectivity index (χ0) is 87.6. The lowest BCUT2D eigenvalue weighted by Crippen LogP contribution is -2.16. The summed E-state index contributed by atoms with van der Waals surface area (Å²) in [5.41, 5.74) is 37.3. The summed E-state index contributed by atoms with van der Waals surface area (Å²) in [6.07, 6.45) is 12.1. The van der Waals surface area contributed by atoms with Crippen LogP contribution >= 0.6 is 0 Å². The van der Waals surface area contributed by atoms with Gasteiger partial charge in [-0.15, -0.1) is 0 Å². The molecule has 23 aromatic rings. The molecule has 1 aliphatic rings. The number of fused-ring (bicyclic) bond motifs is 7. The standard InChI is InChI=1S/C43H29N5.C40H30N4.C34H23N5/c1-3-10-29(11-4-1)30-18-20-31(21-19-30)38-26-39(47-43(46-38)40-27-44-28-45-40)34-13-9-12-32(24-34)33-22-23-37-36-16-7-8-17-41(36)48(42(37)25-33)35-14-5-2-6-15-35;1-40(2)34-17-7-6-14-32(34)33-16-9-15-31(38(33)40)29-12-8-13-30(22-29)36-23-35(43-39(44-36)37-24-41-25-42-37)28-20-18-27(19-21-28)26-10-4-3-5-11-26;1-2-7-23(8-3-1)24-14-16-25(17-15-24)30-20-31(39-34(38-30)32-21-35-22-37-32)28-11-4-10-27(19-28)29-13-5-9-26-12-6-18-36-33(26)29/h1-28H,(H,44,45);3-25H,1-2H3,(H,41,42);1-22H,(H,35,37). The normalized spacial score (nSPS) is 11.8. The highest BCUT2D eigenvalue weighted by Crippen LogP contribution is 2.53. The van der Waals surface area contributed by atoms with Crippen molar-refractivity contribution in [2.24, 2.45) is 0 Å². The average molecular weight is 1680 g/mol. The molecule has 8 heterocycles. The van der Waals surface area contributed by atoms with E-state index in [2.05, 4.69) is 429 Å². The van der Waals surface area contributed by atoms with Crippen LogP contribution in [-0.4, -0.2) is 69.4 Å². The lowest BCUT2D eigenvalue weighted by Gasteiger charge is -2.24. The number of hydrogen-bond acceptors (Lipinski definition) is 10. The molecule has 0 saturated heterocycles. The molecule has 0 aliphatic heterocycles. The van der Waals surface area contributed by atoms with Gasteiger partial charge in [0.15, 0.2) is 17.5 Å². The van der Waals surface area contributed by atoms with Gasteiger partial charge < -0.3 is 19.5 Å². The number of hydrogen-bond donors (Lipinski definition) is 3. The Balaban J connectivity index is 0.000000116. The lowest BCUT2D eigenvalue weighted by molar-refractivity contribution is 0.662. The van der Waals surface area contributed by atoms with Crippen LogP contribution in [0.25, 0.3) is 218 Å². The molecule has 14 nitrogen and oxygen atoms in total. The number of nitrogens with zero attached hydrogens (tertiary/aromatic N) is 11. The zero-order valence-electron chi connectivity index (χ0n) is 71.6. The van der Waals surface area contributed by atoms with Gasteiger partial charge >= 0.3 is 0 Å². The fourth-order valence-corrected chi connectivity index (χ4v) is 18.1. The van der Waals surface area contributed by atoms with E-state index in [4.69, 9.17) is 29.9 Å². The Morgan fingerprint density at radius 2 is 0.588 bits per heavy atom. The number of rotatable bonds is 16. The highest BCUT2D eigenvalue weighted by atomic mass is 15.0. The van der Waals surface area contributed by atoms with E-state index in [9.17, 15) is 0 Å². The summed E-state index contributed by atoms with van der Waals surface area (Å²) < 4.78 is 2.36. The maximum absolute atomic E-state index is 5.02. The first-order valence-electron chi connectivity index (χ1n) is 43.8. The van der Waals surface area contributed by atoms with Crippen molar-refractivity contribution < 1.29 is 0 Å². The van der Waals surface area contributed by atoms with Crippen LogP contribution in [-0.2, 0) is 5.41 Å². The van der Waals surface area contributed by atoms with Crippen LogP contribution in [0, 0.1) is 0 Å². The van der Waals surface area contributed by atoms with E-state index in [0.717, 1.165) is 123 Å². The summed E-state index contributed by atoms with van der Waals surface area (Å²) in [6.45, 7) is 4.67. The van der Waals surface area contributed by atoms with Gasteiger partial charge in [-0.2, -0.15) is 0 Å². The van der Waals surface area contributed by atoms with Crippen molar-refractivity contribution in [1.29, 1.82) is 0 Å². The van der Waals surface area contributed by atoms with E-state index < -0.39 is 0 Å². The van der Waals surface area contributed by atoms with Crippen LogP contribution in [0.15, 0.2) is 444 Å². The van der Waals surface area contributed by atoms with Crippen LogP contribution in [0.1, 0.15) is 25.0 Å². The molecule has 15 aromatic carbocycles. The van der Waals surface area contributed by atoms with Gasteiger partial charge in [0.25, 0.3) is 0 Å². The quantitative estimate of drug-likeness (QED) is 0.0842. The molecule has 0 saturated carbocycles. The van der Waals surface area contributed by atoms with Gasteiger partial charge in [0.2, 0.25) is 0 Å². The molecule has 0 radical (unpaired) electrons. The Kier molecular flexibility index (Phi) is 21.0. The summed E-state index contributed by atoms with van der Waals surface area (Å²) in [5.74, 6) is 1.82. The summed E-state index contributed by atoms with van der Waals surface area (Å²) in [5, 5.41) is 3.59. The molecule has 14 heteroatoms. The Morgan fingerprint density at radius 1 is 0.244 bits per heavy atom. The van der Waals surface area contributed by atoms with Crippen molar-refractivity contribution in [1.82, 2.24) is 69.4 Å². The lowest BCUT2D eigenvalue weighted by atomic mass is 9.78. The van der Waals surface area contributed by atoms with Crippen LogP contribution in [0.2, 0.25) is 0 Å².